The first-order valence-corrected chi connectivity index (χ1v) is 46.4. The van der Waals surface area contributed by atoms with Gasteiger partial charge in [0.1, 0.15) is 16.8 Å². The molecule has 0 saturated heterocycles. The molecule has 0 saturated carbocycles. The van der Waals surface area contributed by atoms with Gasteiger partial charge >= 0.3 is 0 Å². The molecule has 3 N–H and O–H groups in total. The first-order valence-electron chi connectivity index (χ1n) is 44.7. The summed E-state index contributed by atoms with van der Waals surface area (Å²) in [5, 5.41) is 15.9. The van der Waals surface area contributed by atoms with E-state index in [-0.39, 0.29) is 6.61 Å². The fraction of sp³-hybridized carbons (Fsp3) is 0.402. The lowest BCUT2D eigenvalue weighted by molar-refractivity contribution is 0.281. The van der Waals surface area contributed by atoms with Crippen molar-refractivity contribution < 1.29 is 18.7 Å². The number of nitrogens with zero attached hydrogens (tertiary/aromatic N) is 8. The van der Waals surface area contributed by atoms with Crippen molar-refractivity contribution in [3.8, 4) is 5.75 Å². The number of oxazole rings is 2. The number of aryl methyl sites for hydroxylation is 1. The first-order chi connectivity index (χ1) is 59.0. The van der Waals surface area contributed by atoms with Crippen LogP contribution in [0.3, 0.4) is 0 Å². The number of fused-ring (bicyclic) bond motifs is 8. The van der Waals surface area contributed by atoms with Crippen molar-refractivity contribution in [2.45, 2.75) is 282 Å². The van der Waals surface area contributed by atoms with E-state index in [4.69, 9.17) is 24.4 Å². The van der Waals surface area contributed by atoms with Gasteiger partial charge in [0.25, 0.3) is 0 Å². The number of hydrogen-bond donors (Lipinski definition) is 2. The Hall–Kier alpha value is -10.3. The van der Waals surface area contributed by atoms with Crippen LogP contribution in [0.2, 0.25) is 0 Å². The number of aromatic nitrogens is 8. The molecule has 0 unspecified atom stereocenters. The van der Waals surface area contributed by atoms with Crippen LogP contribution in [0.1, 0.15) is 325 Å². The topological polar surface area (TPSA) is 185 Å². The highest BCUT2D eigenvalue weighted by Crippen LogP contribution is 2.34. The lowest BCUT2D eigenvalue weighted by atomic mass is 9.97. The zero-order valence-electron chi connectivity index (χ0n) is 80.8. The molecule has 660 valence electrons. The number of ether oxygens (including phenoxy) is 1. The third-order valence-electron chi connectivity index (χ3n) is 18.1. The van der Waals surface area contributed by atoms with E-state index in [2.05, 4.69) is 260 Å². The van der Waals surface area contributed by atoms with Crippen LogP contribution in [0.15, 0.2) is 228 Å². The number of pyridine rings is 4. The Morgan fingerprint density at radius 1 is 0.361 bits per heavy atom. The summed E-state index contributed by atoms with van der Waals surface area (Å²) in [4.78, 5) is 34.1. The van der Waals surface area contributed by atoms with Crippen molar-refractivity contribution in [2.75, 3.05) is 12.8 Å². The maximum atomic E-state index is 9.09. The number of para-hydroxylation sites is 2. The van der Waals surface area contributed by atoms with Crippen molar-refractivity contribution in [1.82, 2.24) is 39.9 Å². The number of nitrogen functional groups attached to an aromatic ring is 1. The van der Waals surface area contributed by atoms with Gasteiger partial charge in [0.05, 0.1) is 62.4 Å². The monoisotopic (exact) mass is 1690 g/mol. The Labute approximate surface area is 743 Å². The molecule has 16 rings (SSSR count). The van der Waals surface area contributed by atoms with Gasteiger partial charge in [-0.15, -0.1) is 11.3 Å². The quantitative estimate of drug-likeness (QED) is 0.132. The van der Waals surface area contributed by atoms with Crippen LogP contribution in [-0.2, 0) is 6.61 Å². The number of benzene rings is 8. The zero-order valence-corrected chi connectivity index (χ0v) is 82.4. The second-order valence-corrected chi connectivity index (χ2v) is 30.5. The maximum Gasteiger partial charge on any atom is 0.192 e. The molecule has 0 spiro atoms. The molecule has 0 amide bonds. The van der Waals surface area contributed by atoms with E-state index in [0.29, 0.717) is 52.5 Å². The summed E-state index contributed by atoms with van der Waals surface area (Å²) in [5.74, 6) is 5.76. The normalized spacial score (nSPS) is 10.1. The van der Waals surface area contributed by atoms with Crippen LogP contribution >= 0.6 is 22.7 Å². The van der Waals surface area contributed by atoms with E-state index in [1.165, 1.54) is 81.8 Å². The van der Waals surface area contributed by atoms with Gasteiger partial charge in [-0.3, -0.25) is 19.9 Å². The molecule has 0 aliphatic rings. The Kier molecular flexibility index (Phi) is 54.9. The fourth-order valence-corrected chi connectivity index (χ4v) is 14.5. The minimum absolute atomic E-state index is 0.0510. The minimum atomic E-state index is 0.0510. The summed E-state index contributed by atoms with van der Waals surface area (Å²) in [6, 6.07) is 60.1. The highest BCUT2D eigenvalue weighted by molar-refractivity contribution is 7.22. The average Bonchev–Trinajstić information content (AvgIpc) is 1.11. The number of thiazole rings is 2. The van der Waals surface area contributed by atoms with Crippen LogP contribution in [0.25, 0.3) is 86.1 Å². The van der Waals surface area contributed by atoms with E-state index in [9.17, 15) is 0 Å². The molecule has 8 heterocycles. The molecule has 8 aromatic heterocycles. The van der Waals surface area contributed by atoms with Gasteiger partial charge in [-0.25, -0.2) is 19.9 Å². The standard InChI is InChI=1S/2C13H15NO.2C12H13N.C11H13NO.C10H12N2S.C10H11NO.C10H11NS.8C2H6/c1-9(2)11-5-4-6-13-12(11)7-10(15-3)8-14-13;1-9(2)11-4-3-5-13-12(11)6-10(8-15)7-14-13;1-9(2)10-5-3-7-12-11(10)6-4-8-13-12;1-9(2)11-5-3-4-10-8-13-7-6-12(10)11;1-7(2)9-5-4-6-10-11(9)13-8(3)12-10;1-6(2)7-4-3-5-8-9(7)13-10(11)12-8;2*1-7(2)8-4-3-5-9-10(8)12-6-11-9;8*1-2/h4-9H,1-3H3;3-7,9,15H,8H2,1-2H3;2*3-9H,1-2H3;4-7H,1-3H3;3-6H,1-2H3,(H2,11,12);2*3-7H,1-2H3;8*1-2H3. The highest BCUT2D eigenvalue weighted by atomic mass is 32.1. The van der Waals surface area contributed by atoms with Gasteiger partial charge in [0, 0.05) is 53.3 Å². The van der Waals surface area contributed by atoms with Gasteiger partial charge in [-0.05, 0) is 170 Å². The molecule has 0 aliphatic carbocycles. The van der Waals surface area contributed by atoms with Crippen LogP contribution in [0.5, 0.6) is 5.75 Å². The Balaban J connectivity index is 0.000000681. The molecular formula is C107H151N9O4S2. The molecular weight excluding hydrogens is 1540 g/mol. The van der Waals surface area contributed by atoms with Crippen LogP contribution in [0, 0.1) is 6.92 Å². The molecule has 0 atom stereocenters. The lowest BCUT2D eigenvalue weighted by Gasteiger charge is -2.10. The van der Waals surface area contributed by atoms with Crippen molar-refractivity contribution in [3.05, 3.63) is 275 Å². The Bertz CT molecular complexity index is 5110. The molecule has 8 aromatic carbocycles. The molecule has 0 bridgehead atoms. The molecule has 15 heteroatoms. The van der Waals surface area contributed by atoms with Gasteiger partial charge in [-0.2, -0.15) is 0 Å². The van der Waals surface area contributed by atoms with E-state index in [1.807, 2.05) is 209 Å². The predicted molar refractivity (Wildman–Crippen MR) is 539 cm³/mol. The summed E-state index contributed by atoms with van der Waals surface area (Å²) >= 11 is 3.30. The number of methoxy groups -OCH3 is 1. The maximum absolute atomic E-state index is 9.09. The van der Waals surface area contributed by atoms with Gasteiger partial charge in [-0.1, -0.05) is 342 Å². The molecule has 0 aliphatic heterocycles. The number of aliphatic hydroxyl groups excluding tert-OH is 1. The predicted octanol–water partition coefficient (Wildman–Crippen LogP) is 33.8. The number of rotatable bonds is 10. The summed E-state index contributed by atoms with van der Waals surface area (Å²) in [7, 11) is 1.67. The van der Waals surface area contributed by atoms with Crippen LogP contribution < -0.4 is 10.5 Å². The largest absolute Gasteiger partial charge is 0.495 e. The van der Waals surface area contributed by atoms with Crippen LogP contribution in [-0.4, -0.2) is 52.1 Å². The number of hydrogen-bond acceptors (Lipinski definition) is 15. The lowest BCUT2D eigenvalue weighted by Crippen LogP contribution is -1.93. The molecule has 13 nitrogen and oxygen atoms in total. The Morgan fingerprint density at radius 2 is 0.770 bits per heavy atom. The summed E-state index contributed by atoms with van der Waals surface area (Å²) in [6.45, 7) is 68.9. The van der Waals surface area contributed by atoms with E-state index >= 15 is 0 Å². The third-order valence-corrected chi connectivity index (χ3v) is 20.0. The Morgan fingerprint density at radius 3 is 1.27 bits per heavy atom. The summed E-state index contributed by atoms with van der Waals surface area (Å²) in [5.41, 5.74) is 28.1. The van der Waals surface area contributed by atoms with E-state index in [0.717, 1.165) is 72.4 Å². The second-order valence-electron chi connectivity index (χ2n) is 28.6. The van der Waals surface area contributed by atoms with Crippen molar-refractivity contribution in [3.63, 3.8) is 0 Å². The average molecular weight is 1690 g/mol. The summed E-state index contributed by atoms with van der Waals surface area (Å²) < 4.78 is 18.6. The number of anilines is 1. The van der Waals surface area contributed by atoms with Crippen LogP contribution in [0.4, 0.5) is 5.13 Å². The van der Waals surface area contributed by atoms with Crippen molar-refractivity contribution >= 4 is 114 Å². The second kappa shape index (κ2) is 61.0. The number of nitrogens with two attached hydrogens (primary N) is 1. The minimum Gasteiger partial charge on any atom is -0.495 e. The summed E-state index contributed by atoms with van der Waals surface area (Å²) in [6.07, 6.45) is 10.6. The third kappa shape index (κ3) is 33.2. The van der Waals surface area contributed by atoms with E-state index in [1.54, 1.807) is 42.2 Å². The zero-order chi connectivity index (χ0) is 92.1. The molecule has 0 radical (unpaired) electrons. The first kappa shape index (κ1) is 110. The molecule has 122 heavy (non-hydrogen) atoms. The van der Waals surface area contributed by atoms with Crippen molar-refractivity contribution in [1.29, 1.82) is 0 Å². The van der Waals surface area contributed by atoms with Gasteiger partial charge < -0.3 is 24.4 Å². The van der Waals surface area contributed by atoms with Gasteiger partial charge in [0.2, 0.25) is 0 Å². The highest BCUT2D eigenvalue weighted by Gasteiger charge is 2.14. The van der Waals surface area contributed by atoms with E-state index < -0.39 is 0 Å². The van der Waals surface area contributed by atoms with Crippen molar-refractivity contribution in [2.24, 2.45) is 0 Å². The fourth-order valence-electron chi connectivity index (χ4n) is 12.6. The SMILES string of the molecule is CC.CC.CC.CC.CC.CC.CC.CC.CC(C)c1cccc2cnccc12.CC(C)c1cccc2nc(N)sc12.CC(C)c1cccc2ncc(CO)cc12.CC(C)c1cccc2ncccc12.CC(C)c1cccc2ncoc12.CC(C)c1cccc2ncsc12.COc1cnc2cccc(C(C)C)c2c1.Cc1nc2cccc(C(C)C)c2o1. The van der Waals surface area contributed by atoms with Gasteiger partial charge in [0.15, 0.2) is 28.6 Å². The molecule has 16 aromatic rings. The molecule has 0 fully saturated rings. The number of aliphatic hydroxyl groups is 1. The smallest absolute Gasteiger partial charge is 0.192 e.